The van der Waals surface area contributed by atoms with E-state index in [-0.39, 0.29) is 0 Å². The molecule has 100 valence electrons. The van der Waals surface area contributed by atoms with Gasteiger partial charge in [0.05, 0.1) is 5.60 Å². The smallest absolute Gasteiger partial charge is 0.0687 e. The minimum absolute atomic E-state index is 0.479. The fourth-order valence-electron chi connectivity index (χ4n) is 3.20. The Bertz CT molecular complexity index is 400. The molecule has 0 saturated heterocycles. The number of aryl methyl sites for hydroxylation is 2. The van der Waals surface area contributed by atoms with Crippen molar-refractivity contribution >= 4 is 0 Å². The van der Waals surface area contributed by atoms with E-state index >= 15 is 0 Å². The Morgan fingerprint density at radius 1 is 1.11 bits per heavy atom. The van der Waals surface area contributed by atoms with E-state index in [4.69, 9.17) is 0 Å². The molecule has 1 saturated carbocycles. The van der Waals surface area contributed by atoms with Crippen LogP contribution in [0.4, 0.5) is 0 Å². The molecule has 0 heterocycles. The van der Waals surface area contributed by atoms with Gasteiger partial charge < -0.3 is 5.11 Å². The highest BCUT2D eigenvalue weighted by atomic mass is 16.3. The lowest BCUT2D eigenvalue weighted by atomic mass is 9.75. The van der Waals surface area contributed by atoms with Crippen molar-refractivity contribution in [3.05, 3.63) is 34.9 Å². The second-order valence-electron chi connectivity index (χ2n) is 6.29. The van der Waals surface area contributed by atoms with Crippen molar-refractivity contribution < 1.29 is 5.11 Å². The first-order valence-electron chi connectivity index (χ1n) is 7.27. The first kappa shape index (κ1) is 13.6. The van der Waals surface area contributed by atoms with E-state index in [0.29, 0.717) is 5.92 Å². The fourth-order valence-corrected chi connectivity index (χ4v) is 3.20. The molecule has 1 atom stereocenters. The van der Waals surface area contributed by atoms with E-state index < -0.39 is 5.60 Å². The van der Waals surface area contributed by atoms with Crippen LogP contribution in [0.1, 0.15) is 55.7 Å². The van der Waals surface area contributed by atoms with Crippen molar-refractivity contribution in [2.75, 3.05) is 0 Å². The predicted molar refractivity (Wildman–Crippen MR) is 76.8 cm³/mol. The van der Waals surface area contributed by atoms with Crippen molar-refractivity contribution in [2.24, 2.45) is 5.92 Å². The van der Waals surface area contributed by atoms with Crippen LogP contribution in [-0.4, -0.2) is 10.7 Å². The lowest BCUT2D eigenvalue weighted by Crippen LogP contribution is -2.38. The molecule has 0 radical (unpaired) electrons. The molecule has 1 unspecified atom stereocenters. The highest BCUT2D eigenvalue weighted by molar-refractivity contribution is 5.30. The van der Waals surface area contributed by atoms with Gasteiger partial charge in [-0.25, -0.2) is 0 Å². The van der Waals surface area contributed by atoms with Gasteiger partial charge in [0, 0.05) is 6.42 Å². The van der Waals surface area contributed by atoms with E-state index in [2.05, 4.69) is 32.0 Å². The highest BCUT2D eigenvalue weighted by Gasteiger charge is 2.32. The summed E-state index contributed by atoms with van der Waals surface area (Å²) in [5.74, 6) is 0.479. The lowest BCUT2D eigenvalue weighted by molar-refractivity contribution is -0.0159. The Morgan fingerprint density at radius 2 is 1.78 bits per heavy atom. The lowest BCUT2D eigenvalue weighted by Gasteiger charge is -2.36. The van der Waals surface area contributed by atoms with Gasteiger partial charge in [0.25, 0.3) is 0 Å². The molecule has 0 spiro atoms. The van der Waals surface area contributed by atoms with Crippen molar-refractivity contribution in [2.45, 2.75) is 64.9 Å². The third kappa shape index (κ3) is 3.14. The van der Waals surface area contributed by atoms with Crippen LogP contribution in [0.15, 0.2) is 18.2 Å². The molecule has 1 N–H and O–H groups in total. The minimum Gasteiger partial charge on any atom is -0.390 e. The Kier molecular flexibility index (Phi) is 4.11. The summed E-state index contributed by atoms with van der Waals surface area (Å²) in [5.41, 5.74) is 3.39. The first-order valence-corrected chi connectivity index (χ1v) is 7.27. The molecule has 1 aliphatic carbocycles. The van der Waals surface area contributed by atoms with Gasteiger partial charge in [-0.15, -0.1) is 0 Å². The Morgan fingerprint density at radius 3 is 2.39 bits per heavy atom. The van der Waals surface area contributed by atoms with Crippen molar-refractivity contribution in [1.82, 2.24) is 0 Å². The zero-order valence-corrected chi connectivity index (χ0v) is 12.0. The maximum Gasteiger partial charge on any atom is 0.0687 e. The monoisotopic (exact) mass is 246 g/mol. The summed E-state index contributed by atoms with van der Waals surface area (Å²) >= 11 is 0. The number of hydrogen-bond donors (Lipinski definition) is 1. The second-order valence-corrected chi connectivity index (χ2v) is 6.29. The van der Waals surface area contributed by atoms with Crippen LogP contribution in [-0.2, 0) is 6.42 Å². The molecule has 1 aromatic rings. The van der Waals surface area contributed by atoms with E-state index in [1.807, 2.05) is 6.92 Å². The van der Waals surface area contributed by atoms with Gasteiger partial charge in [-0.3, -0.25) is 0 Å². The SMILES string of the molecule is Cc1ccc(CC(C)(O)C2CCCCC2)cc1C. The van der Waals surface area contributed by atoms with Gasteiger partial charge in [0.1, 0.15) is 0 Å². The van der Waals surface area contributed by atoms with Crippen molar-refractivity contribution in [3.8, 4) is 0 Å². The van der Waals surface area contributed by atoms with Gasteiger partial charge in [-0.05, 0) is 56.2 Å². The summed E-state index contributed by atoms with van der Waals surface area (Å²) in [5, 5.41) is 10.8. The Hall–Kier alpha value is -0.820. The standard InChI is InChI=1S/C17H26O/c1-13-9-10-15(11-14(13)2)12-17(3,18)16-7-5-4-6-8-16/h9-11,16,18H,4-8,12H2,1-3H3. The zero-order valence-electron chi connectivity index (χ0n) is 12.0. The van der Waals surface area contributed by atoms with E-state index in [9.17, 15) is 5.11 Å². The Balaban J connectivity index is 2.08. The van der Waals surface area contributed by atoms with Crippen LogP contribution < -0.4 is 0 Å². The van der Waals surface area contributed by atoms with E-state index in [0.717, 1.165) is 6.42 Å². The molecule has 1 heteroatoms. The summed E-state index contributed by atoms with van der Waals surface area (Å²) in [6.45, 7) is 6.31. The molecule has 1 nitrogen and oxygen atoms in total. The molecule has 1 aliphatic rings. The molecule has 1 fully saturated rings. The maximum absolute atomic E-state index is 10.8. The number of aliphatic hydroxyl groups is 1. The van der Waals surface area contributed by atoms with Crippen LogP contribution in [0.3, 0.4) is 0 Å². The predicted octanol–water partition coefficient (Wildman–Crippen LogP) is 4.18. The number of benzene rings is 1. The average Bonchev–Trinajstić information content (AvgIpc) is 2.35. The van der Waals surface area contributed by atoms with Gasteiger partial charge in [0.2, 0.25) is 0 Å². The third-order valence-corrected chi connectivity index (χ3v) is 4.62. The van der Waals surface area contributed by atoms with Crippen LogP contribution in [0.5, 0.6) is 0 Å². The largest absolute Gasteiger partial charge is 0.390 e. The topological polar surface area (TPSA) is 20.2 Å². The van der Waals surface area contributed by atoms with Crippen molar-refractivity contribution in [3.63, 3.8) is 0 Å². The highest BCUT2D eigenvalue weighted by Crippen LogP contribution is 2.34. The van der Waals surface area contributed by atoms with Crippen molar-refractivity contribution in [1.29, 1.82) is 0 Å². The molecule has 0 aliphatic heterocycles. The van der Waals surface area contributed by atoms with Gasteiger partial charge in [0.15, 0.2) is 0 Å². The quantitative estimate of drug-likeness (QED) is 0.848. The minimum atomic E-state index is -0.540. The summed E-state index contributed by atoms with van der Waals surface area (Å²) in [7, 11) is 0. The maximum atomic E-state index is 10.8. The summed E-state index contributed by atoms with van der Waals surface area (Å²) in [6.07, 6.45) is 7.09. The van der Waals surface area contributed by atoms with E-state index in [1.165, 1.54) is 48.8 Å². The second kappa shape index (κ2) is 5.44. The summed E-state index contributed by atoms with van der Waals surface area (Å²) in [6, 6.07) is 6.56. The van der Waals surface area contributed by atoms with Crippen LogP contribution in [0.25, 0.3) is 0 Å². The molecule has 1 aromatic carbocycles. The van der Waals surface area contributed by atoms with E-state index in [1.54, 1.807) is 0 Å². The zero-order chi connectivity index (χ0) is 13.2. The van der Waals surface area contributed by atoms with Crippen LogP contribution in [0, 0.1) is 19.8 Å². The fraction of sp³-hybridized carbons (Fsp3) is 0.647. The molecule has 0 aromatic heterocycles. The third-order valence-electron chi connectivity index (χ3n) is 4.62. The molecular weight excluding hydrogens is 220 g/mol. The summed E-state index contributed by atoms with van der Waals surface area (Å²) in [4.78, 5) is 0. The van der Waals surface area contributed by atoms with Gasteiger partial charge in [-0.2, -0.15) is 0 Å². The van der Waals surface area contributed by atoms with Crippen LogP contribution in [0.2, 0.25) is 0 Å². The van der Waals surface area contributed by atoms with Gasteiger partial charge >= 0.3 is 0 Å². The molecule has 0 bridgehead atoms. The average molecular weight is 246 g/mol. The number of hydrogen-bond acceptors (Lipinski definition) is 1. The number of rotatable bonds is 3. The Labute approximate surface area is 111 Å². The molecule has 0 amide bonds. The van der Waals surface area contributed by atoms with Gasteiger partial charge in [-0.1, -0.05) is 37.5 Å². The first-order chi connectivity index (χ1) is 8.49. The molecule has 18 heavy (non-hydrogen) atoms. The normalized spacial score (nSPS) is 20.7. The molecule has 2 rings (SSSR count). The summed E-state index contributed by atoms with van der Waals surface area (Å²) < 4.78 is 0. The molecular formula is C17H26O. The van der Waals surface area contributed by atoms with Crippen LogP contribution >= 0.6 is 0 Å².